The molecule has 1 atom stereocenters. The molecule has 0 spiro atoms. The first kappa shape index (κ1) is 13.7. The van der Waals surface area contributed by atoms with Gasteiger partial charge in [-0.3, -0.25) is 0 Å². The molecule has 7 heteroatoms. The number of hydrogen-bond donors (Lipinski definition) is 1. The second-order valence-corrected chi connectivity index (χ2v) is 7.91. The van der Waals surface area contributed by atoms with E-state index in [2.05, 4.69) is 20.7 Å². The Morgan fingerprint density at radius 1 is 1.47 bits per heavy atom. The molecule has 17 heavy (non-hydrogen) atoms. The van der Waals surface area contributed by atoms with Crippen LogP contribution in [0.25, 0.3) is 0 Å². The molecule has 1 N–H and O–H groups in total. The van der Waals surface area contributed by atoms with Crippen LogP contribution in [0.2, 0.25) is 5.02 Å². The highest BCUT2D eigenvalue weighted by molar-refractivity contribution is 9.10. The lowest BCUT2D eigenvalue weighted by molar-refractivity contribution is 0.563. The van der Waals surface area contributed by atoms with Crippen LogP contribution in [0, 0.1) is 0 Å². The fourth-order valence-electron chi connectivity index (χ4n) is 1.60. The number of halogens is 2. The van der Waals surface area contributed by atoms with Crippen LogP contribution in [0.3, 0.4) is 0 Å². The first-order valence-corrected chi connectivity index (χ1v) is 8.85. The van der Waals surface area contributed by atoms with Gasteiger partial charge in [0.1, 0.15) is 4.90 Å². The largest absolute Gasteiger partial charge is 0.242 e. The van der Waals surface area contributed by atoms with E-state index in [-0.39, 0.29) is 16.0 Å². The molecule has 1 saturated heterocycles. The van der Waals surface area contributed by atoms with Crippen LogP contribution >= 0.6 is 39.3 Å². The number of benzene rings is 1. The third-order valence-corrected chi connectivity index (χ3v) is 6.09. The second kappa shape index (κ2) is 5.48. The van der Waals surface area contributed by atoms with Gasteiger partial charge in [0.2, 0.25) is 10.0 Å². The number of hydrogen-bond acceptors (Lipinski definition) is 3. The Labute approximate surface area is 118 Å². The van der Waals surface area contributed by atoms with Crippen molar-refractivity contribution in [1.82, 2.24) is 4.72 Å². The molecule has 1 unspecified atom stereocenters. The summed E-state index contributed by atoms with van der Waals surface area (Å²) in [5.41, 5.74) is 0. The van der Waals surface area contributed by atoms with E-state index < -0.39 is 10.0 Å². The smallest absolute Gasteiger partial charge is 0.207 e. The van der Waals surface area contributed by atoms with E-state index in [1.807, 2.05) is 0 Å². The van der Waals surface area contributed by atoms with E-state index in [1.54, 1.807) is 23.9 Å². The summed E-state index contributed by atoms with van der Waals surface area (Å²) < 4.78 is 27.6. The molecule has 1 aliphatic rings. The van der Waals surface area contributed by atoms with E-state index in [4.69, 9.17) is 11.6 Å². The van der Waals surface area contributed by atoms with Gasteiger partial charge in [-0.1, -0.05) is 27.5 Å². The highest BCUT2D eigenvalue weighted by atomic mass is 79.9. The average Bonchev–Trinajstić information content (AvgIpc) is 2.68. The van der Waals surface area contributed by atoms with Crippen molar-refractivity contribution in [1.29, 1.82) is 0 Å². The van der Waals surface area contributed by atoms with Gasteiger partial charge >= 0.3 is 0 Å². The van der Waals surface area contributed by atoms with Crippen molar-refractivity contribution in [2.24, 2.45) is 0 Å². The van der Waals surface area contributed by atoms with Crippen molar-refractivity contribution in [3.05, 3.63) is 27.7 Å². The molecule has 0 bridgehead atoms. The maximum Gasteiger partial charge on any atom is 0.242 e. The summed E-state index contributed by atoms with van der Waals surface area (Å²) in [6.45, 7) is 0. The minimum atomic E-state index is -3.51. The zero-order valence-corrected chi connectivity index (χ0v) is 12.8. The van der Waals surface area contributed by atoms with Gasteiger partial charge in [0.25, 0.3) is 0 Å². The molecule has 1 heterocycles. The summed E-state index contributed by atoms with van der Waals surface area (Å²) in [7, 11) is -3.51. The van der Waals surface area contributed by atoms with Crippen LogP contribution in [0.15, 0.2) is 27.6 Å². The summed E-state index contributed by atoms with van der Waals surface area (Å²) in [5, 5.41) is 0.234. The van der Waals surface area contributed by atoms with Gasteiger partial charge in [-0.05, 0) is 30.4 Å². The van der Waals surface area contributed by atoms with Gasteiger partial charge in [-0.15, -0.1) is 0 Å². The molecule has 1 fully saturated rings. The van der Waals surface area contributed by atoms with Gasteiger partial charge in [0.15, 0.2) is 0 Å². The van der Waals surface area contributed by atoms with Crippen LogP contribution < -0.4 is 4.72 Å². The molecule has 0 aromatic heterocycles. The van der Waals surface area contributed by atoms with Crippen LogP contribution in [0.4, 0.5) is 0 Å². The molecule has 0 amide bonds. The Balaban J connectivity index is 2.24. The first-order valence-electron chi connectivity index (χ1n) is 5.04. The molecular weight excluding hydrogens is 346 g/mol. The highest BCUT2D eigenvalue weighted by Gasteiger charge is 2.24. The Bertz CT molecular complexity index is 515. The monoisotopic (exact) mass is 355 g/mol. The van der Waals surface area contributed by atoms with E-state index in [1.165, 1.54) is 6.07 Å². The highest BCUT2D eigenvalue weighted by Crippen LogP contribution is 2.26. The molecule has 0 saturated carbocycles. The molecule has 94 valence electrons. The minimum absolute atomic E-state index is 0.0183. The topological polar surface area (TPSA) is 46.2 Å². The standard InChI is InChI=1S/C10H11BrClNO2S2/c11-7-1-2-10(9(12)5-7)17(14,15)13-8-3-4-16-6-8/h1-2,5,8,13H,3-4,6H2. The Morgan fingerprint density at radius 2 is 2.24 bits per heavy atom. The van der Waals surface area contributed by atoms with Crippen LogP contribution in [-0.4, -0.2) is 26.0 Å². The number of rotatable bonds is 3. The second-order valence-electron chi connectivity index (χ2n) is 3.76. The van der Waals surface area contributed by atoms with Gasteiger partial charge in [-0.25, -0.2) is 13.1 Å². The van der Waals surface area contributed by atoms with Gasteiger partial charge in [0.05, 0.1) is 5.02 Å². The van der Waals surface area contributed by atoms with Crippen molar-refractivity contribution in [3.63, 3.8) is 0 Å². The molecule has 2 rings (SSSR count). The van der Waals surface area contributed by atoms with Crippen LogP contribution in [-0.2, 0) is 10.0 Å². The lowest BCUT2D eigenvalue weighted by Crippen LogP contribution is -2.34. The minimum Gasteiger partial charge on any atom is -0.207 e. The van der Waals surface area contributed by atoms with Crippen molar-refractivity contribution < 1.29 is 8.42 Å². The summed E-state index contributed by atoms with van der Waals surface area (Å²) in [6, 6.07) is 4.78. The summed E-state index contributed by atoms with van der Waals surface area (Å²) in [4.78, 5) is 0.138. The van der Waals surface area contributed by atoms with Crippen molar-refractivity contribution in [2.45, 2.75) is 17.4 Å². The molecule has 3 nitrogen and oxygen atoms in total. The SMILES string of the molecule is O=S(=O)(NC1CCSC1)c1ccc(Br)cc1Cl. The van der Waals surface area contributed by atoms with Gasteiger partial charge < -0.3 is 0 Å². The maximum absolute atomic E-state index is 12.1. The summed E-state index contributed by atoms with van der Waals surface area (Å²) in [6.07, 6.45) is 0.873. The van der Waals surface area contributed by atoms with E-state index in [0.717, 1.165) is 22.4 Å². The summed E-state index contributed by atoms with van der Waals surface area (Å²) >= 11 is 11.0. The molecule has 1 aromatic carbocycles. The molecular formula is C10H11BrClNO2S2. The predicted molar refractivity (Wildman–Crippen MR) is 75.2 cm³/mol. The van der Waals surface area contributed by atoms with Gasteiger partial charge in [-0.2, -0.15) is 11.8 Å². The first-order chi connectivity index (χ1) is 7.99. The normalized spacial score (nSPS) is 20.7. The Kier molecular flexibility index (Phi) is 4.41. The number of nitrogens with one attached hydrogen (secondary N) is 1. The van der Waals surface area contributed by atoms with E-state index >= 15 is 0 Å². The lowest BCUT2D eigenvalue weighted by atomic mass is 10.3. The quantitative estimate of drug-likeness (QED) is 0.906. The fraction of sp³-hybridized carbons (Fsp3) is 0.400. The zero-order valence-electron chi connectivity index (χ0n) is 8.82. The molecule has 0 aliphatic carbocycles. The molecule has 0 radical (unpaired) electrons. The number of thioether (sulfide) groups is 1. The lowest BCUT2D eigenvalue weighted by Gasteiger charge is -2.13. The van der Waals surface area contributed by atoms with Crippen molar-refractivity contribution in [2.75, 3.05) is 11.5 Å². The number of sulfonamides is 1. The van der Waals surface area contributed by atoms with Crippen molar-refractivity contribution >= 4 is 49.3 Å². The van der Waals surface area contributed by atoms with E-state index in [9.17, 15) is 8.42 Å². The average molecular weight is 357 g/mol. The van der Waals surface area contributed by atoms with E-state index in [0.29, 0.717) is 0 Å². The summed E-state index contributed by atoms with van der Waals surface area (Å²) in [5.74, 6) is 1.83. The van der Waals surface area contributed by atoms with Crippen molar-refractivity contribution in [3.8, 4) is 0 Å². The van der Waals surface area contributed by atoms with Crippen LogP contribution in [0.5, 0.6) is 0 Å². The Hall–Kier alpha value is 0.250. The van der Waals surface area contributed by atoms with Crippen LogP contribution in [0.1, 0.15) is 6.42 Å². The zero-order chi connectivity index (χ0) is 12.5. The molecule has 1 aromatic rings. The fourth-order valence-corrected chi connectivity index (χ4v) is 5.17. The predicted octanol–water partition coefficient (Wildman–Crippen LogP) is 2.89. The Morgan fingerprint density at radius 3 is 2.82 bits per heavy atom. The molecule has 1 aliphatic heterocycles. The third kappa shape index (κ3) is 3.38. The van der Waals surface area contributed by atoms with Gasteiger partial charge in [0, 0.05) is 16.3 Å². The maximum atomic E-state index is 12.1. The third-order valence-electron chi connectivity index (χ3n) is 2.43.